The molecular weight excluding hydrogens is 248 g/mol. The van der Waals surface area contributed by atoms with Gasteiger partial charge in [-0.2, -0.15) is 4.98 Å². The molecule has 19 heavy (non-hydrogen) atoms. The summed E-state index contributed by atoms with van der Waals surface area (Å²) in [5.74, 6) is 0.582. The molecule has 0 N–H and O–H groups in total. The van der Waals surface area contributed by atoms with Gasteiger partial charge in [0.1, 0.15) is 12.0 Å². The van der Waals surface area contributed by atoms with E-state index in [0.717, 1.165) is 11.0 Å². The third kappa shape index (κ3) is 2.20. The fraction of sp³-hybridized carbons (Fsp3) is 0.154. The maximum Gasteiger partial charge on any atom is 0.315 e. The van der Waals surface area contributed by atoms with Crippen LogP contribution in [0.4, 0.5) is 0 Å². The molecule has 0 amide bonds. The van der Waals surface area contributed by atoms with E-state index in [1.54, 1.807) is 0 Å². The van der Waals surface area contributed by atoms with E-state index in [0.29, 0.717) is 11.6 Å². The van der Waals surface area contributed by atoms with Crippen LogP contribution in [0.2, 0.25) is 0 Å². The minimum atomic E-state index is -0.431. The van der Waals surface area contributed by atoms with Crippen molar-refractivity contribution in [2.45, 2.75) is 6.42 Å². The first-order valence-electron chi connectivity index (χ1n) is 5.64. The van der Waals surface area contributed by atoms with Crippen LogP contribution >= 0.6 is 0 Å². The Hall–Kier alpha value is -2.63. The van der Waals surface area contributed by atoms with Crippen molar-refractivity contribution in [3.05, 3.63) is 36.2 Å². The van der Waals surface area contributed by atoms with Crippen molar-refractivity contribution in [2.24, 2.45) is 0 Å². The fourth-order valence-electron chi connectivity index (χ4n) is 1.71. The molecule has 0 saturated carbocycles. The molecule has 3 aromatic rings. The van der Waals surface area contributed by atoms with E-state index in [4.69, 9.17) is 8.94 Å². The summed E-state index contributed by atoms with van der Waals surface area (Å²) >= 11 is 0. The Balaban J connectivity index is 1.91. The minimum absolute atomic E-state index is 0.0519. The van der Waals surface area contributed by atoms with Gasteiger partial charge in [0.15, 0.2) is 5.76 Å². The first-order chi connectivity index (χ1) is 9.26. The average molecular weight is 258 g/mol. The number of carbonyl (C=O) groups excluding carboxylic acids is 1. The standard InChI is InChI=1S/C13H10N2O4/c1-17-12(16)7-11-14-13(15-19-11)10-6-8-4-2-3-5-9(8)18-10/h2-6H,7H2,1H3. The van der Waals surface area contributed by atoms with Crippen LogP contribution in [-0.2, 0) is 16.0 Å². The Labute approximate surface area is 108 Å². The zero-order valence-corrected chi connectivity index (χ0v) is 10.1. The predicted octanol–water partition coefficient (Wildman–Crippen LogP) is 2.20. The van der Waals surface area contributed by atoms with Gasteiger partial charge in [0, 0.05) is 5.39 Å². The number of rotatable bonds is 3. The largest absolute Gasteiger partial charge is 0.469 e. The smallest absolute Gasteiger partial charge is 0.315 e. The molecule has 3 rings (SSSR count). The van der Waals surface area contributed by atoms with Gasteiger partial charge in [0.05, 0.1) is 7.11 Å². The van der Waals surface area contributed by atoms with Crippen molar-refractivity contribution in [3.63, 3.8) is 0 Å². The number of carbonyl (C=O) groups is 1. The average Bonchev–Trinajstić information content (AvgIpc) is 3.04. The first-order valence-corrected chi connectivity index (χ1v) is 5.64. The van der Waals surface area contributed by atoms with Crippen LogP contribution in [0.3, 0.4) is 0 Å². The summed E-state index contributed by atoms with van der Waals surface area (Å²) in [4.78, 5) is 15.2. The Morgan fingerprint density at radius 3 is 3.00 bits per heavy atom. The van der Waals surface area contributed by atoms with E-state index in [1.807, 2.05) is 30.3 Å². The second kappa shape index (κ2) is 4.56. The van der Waals surface area contributed by atoms with Crippen LogP contribution in [0.5, 0.6) is 0 Å². The summed E-state index contributed by atoms with van der Waals surface area (Å²) in [6, 6.07) is 9.41. The number of esters is 1. The third-order valence-electron chi connectivity index (χ3n) is 2.64. The molecule has 0 bridgehead atoms. The van der Waals surface area contributed by atoms with Crippen LogP contribution in [0, 0.1) is 0 Å². The summed E-state index contributed by atoms with van der Waals surface area (Å²) in [7, 11) is 1.30. The molecule has 0 atom stereocenters. The van der Waals surface area contributed by atoms with Gasteiger partial charge < -0.3 is 13.7 Å². The summed E-state index contributed by atoms with van der Waals surface area (Å²) < 4.78 is 15.1. The van der Waals surface area contributed by atoms with E-state index >= 15 is 0 Å². The van der Waals surface area contributed by atoms with Gasteiger partial charge in [-0.3, -0.25) is 4.79 Å². The van der Waals surface area contributed by atoms with E-state index in [2.05, 4.69) is 14.9 Å². The topological polar surface area (TPSA) is 78.4 Å². The molecule has 6 heteroatoms. The zero-order chi connectivity index (χ0) is 13.2. The molecule has 0 spiro atoms. The number of para-hydroxylation sites is 1. The number of aromatic nitrogens is 2. The summed E-state index contributed by atoms with van der Waals surface area (Å²) in [5, 5.41) is 4.74. The SMILES string of the molecule is COC(=O)Cc1nc(-c2cc3ccccc3o2)no1. The lowest BCUT2D eigenvalue weighted by Crippen LogP contribution is -2.04. The Kier molecular flexibility index (Phi) is 2.75. The normalized spacial score (nSPS) is 10.8. The fourth-order valence-corrected chi connectivity index (χ4v) is 1.71. The molecule has 0 aliphatic heterocycles. The number of benzene rings is 1. The number of hydrogen-bond acceptors (Lipinski definition) is 6. The number of fused-ring (bicyclic) bond motifs is 1. The Bertz CT molecular complexity index is 696. The van der Waals surface area contributed by atoms with Crippen molar-refractivity contribution in [1.29, 1.82) is 0 Å². The number of methoxy groups -OCH3 is 1. The number of ether oxygens (including phenoxy) is 1. The van der Waals surface area contributed by atoms with Crippen molar-refractivity contribution >= 4 is 16.9 Å². The molecule has 0 unspecified atom stereocenters. The van der Waals surface area contributed by atoms with Gasteiger partial charge in [-0.25, -0.2) is 0 Å². The van der Waals surface area contributed by atoms with Crippen LogP contribution in [0.1, 0.15) is 5.89 Å². The molecule has 2 heterocycles. The van der Waals surface area contributed by atoms with Crippen molar-refractivity contribution in [2.75, 3.05) is 7.11 Å². The monoisotopic (exact) mass is 258 g/mol. The van der Waals surface area contributed by atoms with Gasteiger partial charge in [-0.1, -0.05) is 23.4 Å². The Morgan fingerprint density at radius 2 is 2.21 bits per heavy atom. The van der Waals surface area contributed by atoms with Crippen LogP contribution in [-0.4, -0.2) is 23.2 Å². The van der Waals surface area contributed by atoms with Crippen molar-refractivity contribution < 1.29 is 18.5 Å². The molecule has 0 radical (unpaired) electrons. The molecule has 0 fully saturated rings. The highest BCUT2D eigenvalue weighted by molar-refractivity contribution is 5.81. The second-order valence-corrected chi connectivity index (χ2v) is 3.91. The second-order valence-electron chi connectivity index (χ2n) is 3.91. The summed E-state index contributed by atoms with van der Waals surface area (Å²) in [6.07, 6.45) is -0.0519. The minimum Gasteiger partial charge on any atom is -0.469 e. The highest BCUT2D eigenvalue weighted by Crippen LogP contribution is 2.25. The van der Waals surface area contributed by atoms with Gasteiger partial charge in [-0.05, 0) is 12.1 Å². The highest BCUT2D eigenvalue weighted by atomic mass is 16.5. The number of hydrogen-bond donors (Lipinski definition) is 0. The molecular formula is C13H10N2O4. The maximum absolute atomic E-state index is 11.1. The van der Waals surface area contributed by atoms with Crippen LogP contribution in [0.15, 0.2) is 39.3 Å². The molecule has 0 saturated heterocycles. The number of furan rings is 1. The highest BCUT2D eigenvalue weighted by Gasteiger charge is 2.15. The summed E-state index contributed by atoms with van der Waals surface area (Å²) in [6.45, 7) is 0. The van der Waals surface area contributed by atoms with Crippen LogP contribution in [0.25, 0.3) is 22.6 Å². The lowest BCUT2D eigenvalue weighted by atomic mass is 10.2. The van der Waals surface area contributed by atoms with Gasteiger partial charge >= 0.3 is 5.97 Å². The van der Waals surface area contributed by atoms with Crippen LogP contribution < -0.4 is 0 Å². The molecule has 6 nitrogen and oxygen atoms in total. The van der Waals surface area contributed by atoms with Gasteiger partial charge in [0.2, 0.25) is 11.7 Å². The Morgan fingerprint density at radius 1 is 1.37 bits per heavy atom. The van der Waals surface area contributed by atoms with E-state index in [9.17, 15) is 4.79 Å². The first kappa shape index (κ1) is 11.5. The van der Waals surface area contributed by atoms with E-state index < -0.39 is 5.97 Å². The van der Waals surface area contributed by atoms with Crippen molar-refractivity contribution in [1.82, 2.24) is 10.1 Å². The maximum atomic E-state index is 11.1. The molecule has 1 aromatic carbocycles. The van der Waals surface area contributed by atoms with E-state index in [-0.39, 0.29) is 12.3 Å². The number of nitrogens with zero attached hydrogens (tertiary/aromatic N) is 2. The molecule has 2 aromatic heterocycles. The lowest BCUT2D eigenvalue weighted by molar-refractivity contribution is -0.140. The van der Waals surface area contributed by atoms with E-state index in [1.165, 1.54) is 7.11 Å². The molecule has 96 valence electrons. The predicted molar refractivity (Wildman–Crippen MR) is 65.2 cm³/mol. The van der Waals surface area contributed by atoms with Gasteiger partial charge in [-0.15, -0.1) is 0 Å². The zero-order valence-electron chi connectivity index (χ0n) is 10.1. The molecule has 0 aliphatic carbocycles. The lowest BCUT2D eigenvalue weighted by Gasteiger charge is -1.91. The quantitative estimate of drug-likeness (QED) is 0.670. The third-order valence-corrected chi connectivity index (χ3v) is 2.64. The summed E-state index contributed by atoms with van der Waals surface area (Å²) in [5.41, 5.74) is 0.747. The van der Waals surface area contributed by atoms with Crippen molar-refractivity contribution in [3.8, 4) is 11.6 Å². The molecule has 0 aliphatic rings. The van der Waals surface area contributed by atoms with Gasteiger partial charge in [0.25, 0.3) is 0 Å².